The van der Waals surface area contributed by atoms with E-state index in [0.29, 0.717) is 0 Å². The number of ketones is 1. The number of hydrogen-bond donors (Lipinski definition) is 0. The predicted molar refractivity (Wildman–Crippen MR) is 138 cm³/mol. The van der Waals surface area contributed by atoms with Gasteiger partial charge in [-0.3, -0.25) is 4.79 Å². The number of carbonyl (C=O) groups excluding carboxylic acids is 1. The molecule has 2 aliphatic rings. The van der Waals surface area contributed by atoms with Crippen molar-refractivity contribution in [3.63, 3.8) is 0 Å². The maximum Gasteiger partial charge on any atom is 0.213 e. The smallest absolute Gasteiger partial charge is 0.213 e. The number of fused-ring (bicyclic) bond motifs is 1. The number of thioether (sulfide) groups is 1. The Labute approximate surface area is 204 Å². The molecule has 0 aromatic heterocycles. The Kier molecular flexibility index (Phi) is 5.28. The van der Waals surface area contributed by atoms with Gasteiger partial charge in [-0.25, -0.2) is 9.90 Å². The molecular formula is C30H25NO2S. The first kappa shape index (κ1) is 21.2. The molecule has 6 rings (SSSR count). The van der Waals surface area contributed by atoms with Gasteiger partial charge >= 0.3 is 0 Å². The molecule has 4 aromatic rings. The highest BCUT2D eigenvalue weighted by molar-refractivity contribution is 8.00. The molecule has 2 heterocycles. The molecule has 3 atom stereocenters. The normalized spacial score (nSPS) is 23.8. The van der Waals surface area contributed by atoms with Crippen molar-refractivity contribution in [2.75, 3.05) is 5.06 Å². The van der Waals surface area contributed by atoms with Crippen LogP contribution in [0.3, 0.4) is 0 Å². The fourth-order valence-electron chi connectivity index (χ4n) is 5.15. The van der Waals surface area contributed by atoms with Crippen LogP contribution in [0.2, 0.25) is 0 Å². The zero-order valence-electron chi connectivity index (χ0n) is 18.9. The number of hydroxylamine groups is 1. The first-order valence-electron chi connectivity index (χ1n) is 11.6. The second-order valence-electron chi connectivity index (χ2n) is 8.94. The predicted octanol–water partition coefficient (Wildman–Crippen LogP) is 7.10. The van der Waals surface area contributed by atoms with Gasteiger partial charge in [0.15, 0.2) is 0 Å². The van der Waals surface area contributed by atoms with Crippen molar-refractivity contribution in [2.24, 2.45) is 0 Å². The summed E-state index contributed by atoms with van der Waals surface area (Å²) in [5.41, 5.74) is 6.21. The summed E-state index contributed by atoms with van der Waals surface area (Å²) in [6.45, 7) is 2.09. The topological polar surface area (TPSA) is 29.5 Å². The van der Waals surface area contributed by atoms with Gasteiger partial charge in [-0.2, -0.15) is 0 Å². The first-order chi connectivity index (χ1) is 16.7. The van der Waals surface area contributed by atoms with Crippen molar-refractivity contribution in [1.29, 1.82) is 0 Å². The third kappa shape index (κ3) is 3.37. The van der Waals surface area contributed by atoms with E-state index in [1.54, 1.807) is 11.8 Å². The summed E-state index contributed by atoms with van der Waals surface area (Å²) in [6, 6.07) is 36.9. The molecule has 3 nitrogen and oxygen atoms in total. The van der Waals surface area contributed by atoms with Crippen LogP contribution < -0.4 is 5.06 Å². The van der Waals surface area contributed by atoms with Crippen molar-refractivity contribution in [3.05, 3.63) is 137 Å². The molecule has 0 saturated carbocycles. The van der Waals surface area contributed by atoms with Crippen LogP contribution in [0.5, 0.6) is 0 Å². The highest BCUT2D eigenvalue weighted by Gasteiger charge is 2.62. The minimum atomic E-state index is -1.06. The number of hydrogen-bond acceptors (Lipinski definition) is 4. The molecule has 1 fully saturated rings. The van der Waals surface area contributed by atoms with Crippen LogP contribution in [-0.4, -0.2) is 10.7 Å². The van der Waals surface area contributed by atoms with E-state index < -0.39 is 4.93 Å². The number of Topliss-reactive ketones (excluding diaryl/α,β-unsaturated/α-hetero) is 1. The molecule has 2 aliphatic heterocycles. The fourth-order valence-corrected chi connectivity index (χ4v) is 6.59. The minimum Gasteiger partial charge on any atom is -0.290 e. The van der Waals surface area contributed by atoms with Crippen molar-refractivity contribution in [1.82, 2.24) is 0 Å². The number of para-hydroxylation sites is 1. The third-order valence-electron chi connectivity index (χ3n) is 6.82. The standard InChI is InChI=1S/C30H25NO2S/c1-21-16-18-22(19-17-21)27-28(23-10-4-2-5-11-23)31(25-13-6-3-7-14-25)33-30(27)29(32)26-15-9-8-12-24(26)20-34-30/h2-19,27-28H,20H2,1H3/t27-,28-,30?/m0/s1. The Hall–Kier alpha value is -3.34. The van der Waals surface area contributed by atoms with Crippen molar-refractivity contribution < 1.29 is 9.63 Å². The van der Waals surface area contributed by atoms with Crippen LogP contribution in [-0.2, 0) is 10.6 Å². The quantitative estimate of drug-likeness (QED) is 0.324. The van der Waals surface area contributed by atoms with Gasteiger partial charge in [-0.05, 0) is 35.7 Å². The van der Waals surface area contributed by atoms with E-state index in [-0.39, 0.29) is 17.7 Å². The highest BCUT2D eigenvalue weighted by atomic mass is 32.2. The number of benzene rings is 4. The summed E-state index contributed by atoms with van der Waals surface area (Å²) in [4.78, 5) is 20.1. The maximum atomic E-state index is 14.3. The zero-order chi connectivity index (χ0) is 23.1. The van der Waals surface area contributed by atoms with E-state index >= 15 is 0 Å². The van der Waals surface area contributed by atoms with Gasteiger partial charge in [0, 0.05) is 11.3 Å². The molecule has 4 aromatic carbocycles. The SMILES string of the molecule is Cc1ccc([C@H]2[C@H](c3ccccc3)N(c3ccccc3)OC23SCc2ccccc2C3=O)cc1. The Morgan fingerprint density at radius 2 is 1.44 bits per heavy atom. The lowest BCUT2D eigenvalue weighted by atomic mass is 9.80. The zero-order valence-corrected chi connectivity index (χ0v) is 19.7. The van der Waals surface area contributed by atoms with Crippen molar-refractivity contribution in [3.8, 4) is 0 Å². The number of nitrogens with zero attached hydrogens (tertiary/aromatic N) is 1. The summed E-state index contributed by atoms with van der Waals surface area (Å²) < 4.78 is 0. The summed E-state index contributed by atoms with van der Waals surface area (Å²) in [7, 11) is 0. The Morgan fingerprint density at radius 3 is 2.18 bits per heavy atom. The van der Waals surface area contributed by atoms with Crippen LogP contribution in [0.15, 0.2) is 109 Å². The molecule has 34 heavy (non-hydrogen) atoms. The Balaban J connectivity index is 1.59. The molecule has 1 spiro atoms. The van der Waals surface area contributed by atoms with Crippen molar-refractivity contribution >= 4 is 23.2 Å². The number of aryl methyl sites for hydroxylation is 1. The number of carbonyl (C=O) groups is 1. The molecule has 1 unspecified atom stereocenters. The molecule has 0 radical (unpaired) electrons. The molecule has 168 valence electrons. The first-order valence-corrected chi connectivity index (χ1v) is 12.6. The second kappa shape index (κ2) is 8.46. The van der Waals surface area contributed by atoms with E-state index in [1.165, 1.54) is 5.56 Å². The van der Waals surface area contributed by atoms with Crippen LogP contribution in [0.4, 0.5) is 5.69 Å². The van der Waals surface area contributed by atoms with E-state index in [9.17, 15) is 4.79 Å². The Bertz CT molecular complexity index is 1320. The van der Waals surface area contributed by atoms with Gasteiger partial charge in [0.1, 0.15) is 0 Å². The monoisotopic (exact) mass is 463 g/mol. The van der Waals surface area contributed by atoms with Crippen LogP contribution in [0.25, 0.3) is 0 Å². The molecule has 0 amide bonds. The fraction of sp³-hybridized carbons (Fsp3) is 0.167. The molecule has 0 bridgehead atoms. The number of rotatable bonds is 3. The lowest BCUT2D eigenvalue weighted by Crippen LogP contribution is -2.43. The van der Waals surface area contributed by atoms with Gasteiger partial charge in [-0.1, -0.05) is 103 Å². The van der Waals surface area contributed by atoms with Gasteiger partial charge in [-0.15, -0.1) is 11.8 Å². The maximum absolute atomic E-state index is 14.3. The van der Waals surface area contributed by atoms with E-state index in [2.05, 4.69) is 55.5 Å². The average Bonchev–Trinajstić information content (AvgIpc) is 3.24. The van der Waals surface area contributed by atoms with Gasteiger partial charge in [0.05, 0.1) is 17.6 Å². The lowest BCUT2D eigenvalue weighted by Gasteiger charge is -2.36. The van der Waals surface area contributed by atoms with Gasteiger partial charge in [0.25, 0.3) is 0 Å². The second-order valence-corrected chi connectivity index (χ2v) is 10.1. The molecule has 1 saturated heterocycles. The highest BCUT2D eigenvalue weighted by Crippen LogP contribution is 2.60. The summed E-state index contributed by atoms with van der Waals surface area (Å²) in [5, 5.41) is 1.97. The number of anilines is 1. The lowest BCUT2D eigenvalue weighted by molar-refractivity contribution is 0.0386. The summed E-state index contributed by atoms with van der Waals surface area (Å²) >= 11 is 1.61. The van der Waals surface area contributed by atoms with E-state index in [0.717, 1.165) is 33.7 Å². The van der Waals surface area contributed by atoms with Crippen LogP contribution >= 0.6 is 11.8 Å². The minimum absolute atomic E-state index is 0.0456. The van der Waals surface area contributed by atoms with E-state index in [4.69, 9.17) is 4.84 Å². The van der Waals surface area contributed by atoms with E-state index in [1.807, 2.05) is 65.7 Å². The molecular weight excluding hydrogens is 438 g/mol. The van der Waals surface area contributed by atoms with Crippen LogP contribution in [0, 0.1) is 6.92 Å². The molecule has 0 aliphatic carbocycles. The van der Waals surface area contributed by atoms with Crippen molar-refractivity contribution in [2.45, 2.75) is 29.6 Å². The average molecular weight is 464 g/mol. The van der Waals surface area contributed by atoms with Gasteiger partial charge in [0.2, 0.25) is 10.7 Å². The van der Waals surface area contributed by atoms with Crippen LogP contribution in [0.1, 0.15) is 44.6 Å². The summed E-state index contributed by atoms with van der Waals surface area (Å²) in [5.74, 6) is 0.583. The molecule has 0 N–H and O–H groups in total. The largest absolute Gasteiger partial charge is 0.290 e. The summed E-state index contributed by atoms with van der Waals surface area (Å²) in [6.07, 6.45) is 0. The molecule has 4 heteroatoms. The Morgan fingerprint density at radius 1 is 0.794 bits per heavy atom. The van der Waals surface area contributed by atoms with Gasteiger partial charge < -0.3 is 0 Å². The third-order valence-corrected chi connectivity index (χ3v) is 8.22.